The quantitative estimate of drug-likeness (QED) is 0.764. The Morgan fingerprint density at radius 1 is 1.18 bits per heavy atom. The Morgan fingerprint density at radius 3 is 2.71 bits per heavy atom. The minimum Gasteiger partial charge on any atom is -0.372 e. The molecule has 0 N–H and O–H groups in total. The van der Waals surface area contributed by atoms with Crippen LogP contribution in [0.3, 0.4) is 0 Å². The van der Waals surface area contributed by atoms with Gasteiger partial charge in [-0.3, -0.25) is 4.98 Å². The molecule has 3 heteroatoms. The van der Waals surface area contributed by atoms with Crippen LogP contribution < -0.4 is 0 Å². The van der Waals surface area contributed by atoms with Crippen LogP contribution in [0.5, 0.6) is 0 Å². The first kappa shape index (κ1) is 10.8. The van der Waals surface area contributed by atoms with Crippen molar-refractivity contribution >= 4 is 11.6 Å². The van der Waals surface area contributed by atoms with E-state index in [0.29, 0.717) is 13.2 Å². The van der Waals surface area contributed by atoms with E-state index in [1.165, 1.54) is 11.1 Å². The van der Waals surface area contributed by atoms with Crippen molar-refractivity contribution < 1.29 is 4.74 Å². The van der Waals surface area contributed by atoms with Gasteiger partial charge in [0.15, 0.2) is 0 Å². The fraction of sp³-hybridized carbons (Fsp3) is 0.214. The molecular weight excluding hydrogens is 234 g/mol. The van der Waals surface area contributed by atoms with E-state index in [-0.39, 0.29) is 0 Å². The lowest BCUT2D eigenvalue weighted by molar-refractivity contribution is 0.134. The van der Waals surface area contributed by atoms with Crippen LogP contribution >= 0.6 is 11.6 Å². The van der Waals surface area contributed by atoms with E-state index in [9.17, 15) is 0 Å². The third-order valence-electron chi connectivity index (χ3n) is 2.97. The van der Waals surface area contributed by atoms with Crippen LogP contribution in [0.1, 0.15) is 16.8 Å². The number of pyridine rings is 1. The predicted molar refractivity (Wildman–Crippen MR) is 67.9 cm³/mol. The average Bonchev–Trinajstić information content (AvgIpc) is 2.77. The number of nitrogens with zero attached hydrogens (tertiary/aromatic N) is 1. The second-order valence-corrected chi connectivity index (χ2v) is 4.69. The summed E-state index contributed by atoms with van der Waals surface area (Å²) in [6, 6.07) is 9.89. The Bertz CT molecular complexity index is 563. The number of halogens is 1. The van der Waals surface area contributed by atoms with Crippen molar-refractivity contribution in [2.75, 3.05) is 0 Å². The third-order valence-corrected chi connectivity index (χ3v) is 3.22. The molecule has 86 valence electrons. The molecule has 2 nitrogen and oxygen atoms in total. The zero-order valence-electron chi connectivity index (χ0n) is 9.53. The van der Waals surface area contributed by atoms with Crippen molar-refractivity contribution in [3.05, 3.63) is 52.2 Å². The maximum absolute atomic E-state index is 5.90. The van der Waals surface area contributed by atoms with Crippen molar-refractivity contribution in [1.29, 1.82) is 0 Å². The third kappa shape index (κ3) is 1.94. The van der Waals surface area contributed by atoms with Crippen LogP contribution in [0.25, 0.3) is 11.3 Å². The van der Waals surface area contributed by atoms with Crippen molar-refractivity contribution in [1.82, 2.24) is 4.98 Å². The number of rotatable bonds is 1. The van der Waals surface area contributed by atoms with Crippen molar-refractivity contribution in [2.45, 2.75) is 20.1 Å². The summed E-state index contributed by atoms with van der Waals surface area (Å²) in [7, 11) is 0. The van der Waals surface area contributed by atoms with E-state index >= 15 is 0 Å². The van der Waals surface area contributed by atoms with E-state index in [1.807, 2.05) is 31.2 Å². The first-order valence-corrected chi connectivity index (χ1v) is 5.95. The SMILES string of the molecule is Cc1cc2c(c(-c3ccc(Cl)cc3)n1)COC2. The number of benzene rings is 1. The topological polar surface area (TPSA) is 22.1 Å². The molecule has 3 rings (SSSR count). The second-order valence-electron chi connectivity index (χ2n) is 4.25. The largest absolute Gasteiger partial charge is 0.372 e. The average molecular weight is 246 g/mol. The molecule has 2 aromatic rings. The summed E-state index contributed by atoms with van der Waals surface area (Å²) in [6.45, 7) is 3.36. The van der Waals surface area contributed by atoms with Crippen molar-refractivity contribution in [3.8, 4) is 11.3 Å². The van der Waals surface area contributed by atoms with E-state index in [1.54, 1.807) is 0 Å². The van der Waals surface area contributed by atoms with Gasteiger partial charge in [-0.15, -0.1) is 0 Å². The van der Waals surface area contributed by atoms with Gasteiger partial charge in [0.2, 0.25) is 0 Å². The van der Waals surface area contributed by atoms with Gasteiger partial charge in [-0.25, -0.2) is 0 Å². The summed E-state index contributed by atoms with van der Waals surface area (Å²) in [5, 5.41) is 0.745. The molecule has 0 bridgehead atoms. The van der Waals surface area contributed by atoms with E-state index in [4.69, 9.17) is 16.3 Å². The van der Waals surface area contributed by atoms with Crippen molar-refractivity contribution in [2.24, 2.45) is 0 Å². The monoisotopic (exact) mass is 245 g/mol. The maximum Gasteiger partial charge on any atom is 0.0764 e. The Kier molecular flexibility index (Phi) is 2.61. The van der Waals surface area contributed by atoms with E-state index in [2.05, 4.69) is 11.1 Å². The highest BCUT2D eigenvalue weighted by Gasteiger charge is 2.18. The molecule has 0 saturated carbocycles. The molecule has 17 heavy (non-hydrogen) atoms. The Morgan fingerprint density at radius 2 is 1.94 bits per heavy atom. The van der Waals surface area contributed by atoms with Gasteiger partial charge in [0.05, 0.1) is 18.9 Å². The summed E-state index contributed by atoms with van der Waals surface area (Å²) in [4.78, 5) is 4.62. The number of aryl methyl sites for hydroxylation is 1. The standard InChI is InChI=1S/C14H12ClNO/c1-9-6-11-7-17-8-13(11)14(16-9)10-2-4-12(15)5-3-10/h2-6H,7-8H2,1H3. The van der Waals surface area contributed by atoms with Gasteiger partial charge in [-0.1, -0.05) is 23.7 Å². The van der Waals surface area contributed by atoms with Gasteiger partial charge in [0.1, 0.15) is 0 Å². The number of hydrogen-bond donors (Lipinski definition) is 0. The molecule has 1 aliphatic rings. The lowest BCUT2D eigenvalue weighted by Gasteiger charge is -2.08. The zero-order valence-corrected chi connectivity index (χ0v) is 10.3. The maximum atomic E-state index is 5.90. The predicted octanol–water partition coefficient (Wildman–Crippen LogP) is 3.74. The summed E-state index contributed by atoms with van der Waals surface area (Å²) >= 11 is 5.90. The Labute approximate surface area is 105 Å². The molecule has 0 atom stereocenters. The highest BCUT2D eigenvalue weighted by atomic mass is 35.5. The fourth-order valence-corrected chi connectivity index (χ4v) is 2.29. The van der Waals surface area contributed by atoms with Gasteiger partial charge in [0, 0.05) is 21.8 Å². The summed E-state index contributed by atoms with van der Waals surface area (Å²) in [5.74, 6) is 0. The van der Waals surface area contributed by atoms with E-state index in [0.717, 1.165) is 22.0 Å². The molecule has 1 aromatic heterocycles. The lowest BCUT2D eigenvalue weighted by Crippen LogP contribution is -1.95. The number of hydrogen-bond acceptors (Lipinski definition) is 2. The highest BCUT2D eigenvalue weighted by molar-refractivity contribution is 6.30. The molecule has 0 aliphatic carbocycles. The molecular formula is C14H12ClNO. The second kappa shape index (κ2) is 4.13. The van der Waals surface area contributed by atoms with Gasteiger partial charge in [-0.2, -0.15) is 0 Å². The normalized spacial score (nSPS) is 13.8. The molecule has 0 spiro atoms. The van der Waals surface area contributed by atoms with Gasteiger partial charge in [-0.05, 0) is 30.7 Å². The molecule has 2 heterocycles. The van der Waals surface area contributed by atoms with Crippen LogP contribution in [0.4, 0.5) is 0 Å². The molecule has 1 aliphatic heterocycles. The van der Waals surface area contributed by atoms with Gasteiger partial charge >= 0.3 is 0 Å². The lowest BCUT2D eigenvalue weighted by atomic mass is 10.0. The number of aromatic nitrogens is 1. The van der Waals surface area contributed by atoms with Crippen LogP contribution in [0.15, 0.2) is 30.3 Å². The highest BCUT2D eigenvalue weighted by Crippen LogP contribution is 2.30. The molecule has 0 fully saturated rings. The zero-order chi connectivity index (χ0) is 11.8. The minimum atomic E-state index is 0.653. The molecule has 0 saturated heterocycles. The minimum absolute atomic E-state index is 0.653. The van der Waals surface area contributed by atoms with E-state index < -0.39 is 0 Å². The van der Waals surface area contributed by atoms with Crippen LogP contribution in [0.2, 0.25) is 5.02 Å². The van der Waals surface area contributed by atoms with Crippen LogP contribution in [-0.2, 0) is 18.0 Å². The molecule has 0 amide bonds. The molecule has 0 unspecified atom stereocenters. The summed E-state index contributed by atoms with van der Waals surface area (Å²) in [5.41, 5.74) is 5.61. The Hall–Kier alpha value is -1.38. The van der Waals surface area contributed by atoms with Gasteiger partial charge in [0.25, 0.3) is 0 Å². The fourth-order valence-electron chi connectivity index (χ4n) is 2.17. The first-order chi connectivity index (χ1) is 8.24. The summed E-state index contributed by atoms with van der Waals surface area (Å²) < 4.78 is 5.49. The van der Waals surface area contributed by atoms with Crippen LogP contribution in [-0.4, -0.2) is 4.98 Å². The molecule has 0 radical (unpaired) electrons. The van der Waals surface area contributed by atoms with Gasteiger partial charge < -0.3 is 4.74 Å². The van der Waals surface area contributed by atoms with Crippen molar-refractivity contribution in [3.63, 3.8) is 0 Å². The Balaban J connectivity index is 2.17. The molecule has 1 aromatic carbocycles. The number of fused-ring (bicyclic) bond motifs is 1. The first-order valence-electron chi connectivity index (χ1n) is 5.57. The summed E-state index contributed by atoms with van der Waals surface area (Å²) in [6.07, 6.45) is 0. The number of ether oxygens (including phenoxy) is 1. The smallest absolute Gasteiger partial charge is 0.0764 e. The van der Waals surface area contributed by atoms with Crippen LogP contribution in [0, 0.1) is 6.92 Å².